The van der Waals surface area contributed by atoms with Crippen molar-refractivity contribution in [3.8, 4) is 46.0 Å². The Morgan fingerprint density at radius 2 is 0.433 bits per heavy atom. The van der Waals surface area contributed by atoms with Crippen LogP contribution >= 0.6 is 186 Å². The minimum absolute atomic E-state index is 0. The Kier molecular flexibility index (Phi) is 34.9. The topological polar surface area (TPSA) is 169 Å². The predicted molar refractivity (Wildman–Crippen MR) is 248 cm³/mol. The SMILES string of the molecule is CCOCC.CCOCC.COc1c(O)c(Cl)c(Cl)c(Cl)c1Cl.Oc1c(O)c(Cl)c(Cl)c(Cl)c1Cl.Oc1c(O)c(Cl)c(Cl)c(Cl)c1Cl.Oc1c(O)c(Cl)c(Cl)c(Cl)c1Cl.[Nb]. The minimum Gasteiger partial charge on any atom is -0.503 e. The summed E-state index contributed by atoms with van der Waals surface area (Å²) in [5, 5.41) is 62.1. The van der Waals surface area contributed by atoms with E-state index in [1.165, 1.54) is 7.11 Å². The second-order valence-electron chi connectivity index (χ2n) is 9.56. The van der Waals surface area contributed by atoms with Crippen molar-refractivity contribution in [1.82, 2.24) is 0 Å². The maximum atomic E-state index is 9.40. The number of hydrogen-bond donors (Lipinski definition) is 7. The second-order valence-corrected chi connectivity index (χ2v) is 15.6. The standard InChI is InChI=1S/C7H4Cl4O2.3C6H2Cl4O2.2C4H10O.Nb/c1-13-7-5(11)3(9)2(8)4(10)6(7)12;3*7-1-2(8)4(10)6(12)5(11)3(1)9;2*1-3-5-4-2;/h12H,1H3;3*11-12H;2*3-4H2,1-2H3;. The summed E-state index contributed by atoms with van der Waals surface area (Å²) in [7, 11) is 1.33. The van der Waals surface area contributed by atoms with Crippen molar-refractivity contribution >= 4 is 186 Å². The van der Waals surface area contributed by atoms with E-state index in [0.29, 0.717) is 0 Å². The van der Waals surface area contributed by atoms with Crippen molar-refractivity contribution in [2.75, 3.05) is 33.5 Å². The Balaban J connectivity index is -0.000000668. The molecule has 60 heavy (non-hydrogen) atoms. The van der Waals surface area contributed by atoms with E-state index in [-0.39, 0.29) is 114 Å². The molecule has 0 fully saturated rings. The van der Waals surface area contributed by atoms with E-state index in [2.05, 4.69) is 0 Å². The Morgan fingerprint density at radius 3 is 0.567 bits per heavy atom. The molecule has 0 heterocycles. The van der Waals surface area contributed by atoms with Crippen molar-refractivity contribution in [3.05, 3.63) is 80.4 Å². The molecule has 0 aliphatic rings. The molecular formula is C33H30Cl16NbO10. The average Bonchev–Trinajstić information content (AvgIpc) is 3.23. The maximum Gasteiger partial charge on any atom is 0.182 e. The van der Waals surface area contributed by atoms with Gasteiger partial charge in [-0.25, -0.2) is 0 Å². The molecule has 4 aromatic rings. The Hall–Kier alpha value is 0.580. The molecule has 27 heteroatoms. The molecule has 0 spiro atoms. The number of aromatic hydroxyl groups is 7. The van der Waals surface area contributed by atoms with Gasteiger partial charge < -0.3 is 50.0 Å². The number of benzene rings is 4. The molecule has 0 bridgehead atoms. The van der Waals surface area contributed by atoms with E-state index in [1.54, 1.807) is 0 Å². The van der Waals surface area contributed by atoms with Crippen LogP contribution in [0, 0.1) is 0 Å². The fraction of sp³-hybridized carbons (Fsp3) is 0.273. The molecule has 4 aromatic carbocycles. The smallest absolute Gasteiger partial charge is 0.182 e. The van der Waals surface area contributed by atoms with Gasteiger partial charge in [0.2, 0.25) is 0 Å². The van der Waals surface area contributed by atoms with Crippen LogP contribution in [0.5, 0.6) is 46.0 Å². The fourth-order valence-corrected chi connectivity index (χ4v) is 6.42. The summed E-state index contributed by atoms with van der Waals surface area (Å²) >= 11 is 88.8. The number of rotatable bonds is 5. The molecule has 0 aliphatic carbocycles. The molecule has 10 nitrogen and oxygen atoms in total. The molecular weight excluding hydrogens is 1220 g/mol. The van der Waals surface area contributed by atoms with E-state index in [9.17, 15) is 5.11 Å². The van der Waals surface area contributed by atoms with Gasteiger partial charge in [-0.05, 0) is 27.7 Å². The van der Waals surface area contributed by atoms with Crippen LogP contribution in [0.4, 0.5) is 0 Å². The first-order chi connectivity index (χ1) is 27.2. The van der Waals surface area contributed by atoms with Crippen molar-refractivity contribution in [2.45, 2.75) is 27.7 Å². The summed E-state index contributed by atoms with van der Waals surface area (Å²) in [5.41, 5.74) is 0. The molecule has 7 N–H and O–H groups in total. The third-order valence-corrected chi connectivity index (χ3v) is 13.0. The molecule has 0 aromatic heterocycles. The van der Waals surface area contributed by atoms with Gasteiger partial charge in [-0.2, -0.15) is 0 Å². The summed E-state index contributed by atoms with van der Waals surface area (Å²) in [4.78, 5) is 0. The maximum absolute atomic E-state index is 9.40. The van der Waals surface area contributed by atoms with Crippen molar-refractivity contribution < 1.29 is 72.3 Å². The first-order valence-corrected chi connectivity index (χ1v) is 21.2. The van der Waals surface area contributed by atoms with Crippen LogP contribution in [0.3, 0.4) is 0 Å². The van der Waals surface area contributed by atoms with Gasteiger partial charge in [0.05, 0.1) is 47.3 Å². The summed E-state index contributed by atoms with van der Waals surface area (Å²) in [6.07, 6.45) is 0. The van der Waals surface area contributed by atoms with Crippen LogP contribution in [0.15, 0.2) is 0 Å². The summed E-state index contributed by atoms with van der Waals surface area (Å²) in [5.74, 6) is -3.74. The zero-order valence-electron chi connectivity index (χ0n) is 30.7. The van der Waals surface area contributed by atoms with Gasteiger partial charge in [-0.1, -0.05) is 186 Å². The van der Waals surface area contributed by atoms with Crippen molar-refractivity contribution in [3.63, 3.8) is 0 Å². The van der Waals surface area contributed by atoms with E-state index in [1.807, 2.05) is 27.7 Å². The number of methoxy groups -OCH3 is 1. The molecule has 0 atom stereocenters. The fourth-order valence-electron chi connectivity index (χ4n) is 3.02. The predicted octanol–water partition coefficient (Wildman–Crippen LogP) is 17.2. The van der Waals surface area contributed by atoms with Gasteiger partial charge in [0.15, 0.2) is 46.0 Å². The van der Waals surface area contributed by atoms with Crippen LogP contribution in [-0.4, -0.2) is 69.3 Å². The van der Waals surface area contributed by atoms with Crippen molar-refractivity contribution in [1.29, 1.82) is 0 Å². The monoisotopic (exact) mass is 1240 g/mol. The Bertz CT molecular complexity index is 1510. The van der Waals surface area contributed by atoms with Gasteiger partial charge in [-0.15, -0.1) is 0 Å². The van der Waals surface area contributed by atoms with Gasteiger partial charge in [-0.3, -0.25) is 0 Å². The average molecular weight is 1250 g/mol. The molecule has 0 unspecified atom stereocenters. The van der Waals surface area contributed by atoms with E-state index >= 15 is 0 Å². The van der Waals surface area contributed by atoms with Crippen LogP contribution in [0.1, 0.15) is 27.7 Å². The first-order valence-electron chi connectivity index (χ1n) is 15.2. The normalized spacial score (nSPS) is 9.82. The Labute approximate surface area is 440 Å². The van der Waals surface area contributed by atoms with E-state index in [0.717, 1.165) is 26.4 Å². The largest absolute Gasteiger partial charge is 0.503 e. The van der Waals surface area contributed by atoms with E-state index in [4.69, 9.17) is 230 Å². The van der Waals surface area contributed by atoms with Gasteiger partial charge in [0.1, 0.15) is 40.2 Å². The number of ether oxygens (including phenoxy) is 3. The Morgan fingerprint density at radius 1 is 0.283 bits per heavy atom. The van der Waals surface area contributed by atoms with Crippen LogP contribution < -0.4 is 4.74 Å². The summed E-state index contributed by atoms with van der Waals surface area (Å²) in [6.45, 7) is 11.3. The molecule has 0 saturated carbocycles. The zero-order valence-corrected chi connectivity index (χ0v) is 45.0. The summed E-state index contributed by atoms with van der Waals surface area (Å²) < 4.78 is 14.4. The van der Waals surface area contributed by atoms with Crippen molar-refractivity contribution in [2.24, 2.45) is 0 Å². The molecule has 0 saturated heterocycles. The number of hydrogen-bond acceptors (Lipinski definition) is 10. The summed E-state index contributed by atoms with van der Waals surface area (Å²) in [6, 6.07) is 0. The van der Waals surface area contributed by atoms with E-state index < -0.39 is 34.5 Å². The number of phenolic OH excluding ortho intramolecular Hbond substituents is 7. The van der Waals surface area contributed by atoms with Crippen LogP contribution in [0.25, 0.3) is 0 Å². The minimum atomic E-state index is -0.573. The molecule has 4 rings (SSSR count). The molecule has 0 aliphatic heterocycles. The van der Waals surface area contributed by atoms with Gasteiger partial charge in [0.25, 0.3) is 0 Å². The molecule has 339 valence electrons. The molecule has 1 radical (unpaired) electrons. The van der Waals surface area contributed by atoms with Crippen LogP contribution in [0.2, 0.25) is 80.4 Å². The third kappa shape index (κ3) is 18.5. The second kappa shape index (κ2) is 32.3. The zero-order chi connectivity index (χ0) is 46.8. The number of phenols is 7. The third-order valence-electron chi connectivity index (χ3n) is 5.88. The van der Waals surface area contributed by atoms with Gasteiger partial charge in [0, 0.05) is 48.8 Å². The number of halogens is 16. The first kappa shape index (κ1) is 64.9. The van der Waals surface area contributed by atoms with Crippen LogP contribution in [-0.2, 0) is 31.9 Å². The molecule has 0 amide bonds. The van der Waals surface area contributed by atoms with Gasteiger partial charge >= 0.3 is 0 Å². The quantitative estimate of drug-likeness (QED) is 0.0442.